The maximum absolute atomic E-state index is 13.4. The number of aromatic nitrogens is 1. The molecule has 1 aromatic heterocycles. The van der Waals surface area contributed by atoms with E-state index in [1.807, 2.05) is 27.7 Å². The van der Waals surface area contributed by atoms with Crippen molar-refractivity contribution in [3.63, 3.8) is 0 Å². The Kier molecular flexibility index (Phi) is 5.06. The molecule has 1 aromatic carbocycles. The fraction of sp³-hybridized carbons (Fsp3) is 0.400. The second-order valence-corrected chi connectivity index (χ2v) is 7.98. The Morgan fingerprint density at radius 1 is 1.07 bits per heavy atom. The van der Waals surface area contributed by atoms with Gasteiger partial charge in [0.25, 0.3) is 11.8 Å². The number of pyridine rings is 1. The average molecular weight is 388 g/mol. The van der Waals surface area contributed by atoms with Gasteiger partial charge in [-0.2, -0.15) is 0 Å². The van der Waals surface area contributed by atoms with E-state index < -0.39 is 30.2 Å². The molecule has 2 aromatic rings. The van der Waals surface area contributed by atoms with Gasteiger partial charge in [0.15, 0.2) is 0 Å². The van der Waals surface area contributed by atoms with Gasteiger partial charge in [0.05, 0.1) is 11.2 Å². The molecule has 0 saturated carbocycles. The van der Waals surface area contributed by atoms with Gasteiger partial charge in [-0.15, -0.1) is 0 Å². The predicted molar refractivity (Wildman–Crippen MR) is 104 cm³/mol. The van der Waals surface area contributed by atoms with E-state index in [4.69, 9.17) is 9.31 Å². The minimum atomic E-state index is -3.01. The highest BCUT2D eigenvalue weighted by atomic mass is 19.3. The molecule has 0 bridgehead atoms. The number of nitrogens with one attached hydrogen (secondary N) is 1. The molecule has 8 heteroatoms. The Balaban J connectivity index is 1.71. The molecule has 1 amide bonds. The van der Waals surface area contributed by atoms with Crippen LogP contribution in [-0.4, -0.2) is 29.2 Å². The van der Waals surface area contributed by atoms with Crippen molar-refractivity contribution in [3.8, 4) is 0 Å². The first-order valence-corrected chi connectivity index (χ1v) is 9.00. The highest BCUT2D eigenvalue weighted by Gasteiger charge is 2.51. The van der Waals surface area contributed by atoms with E-state index in [1.165, 1.54) is 12.3 Å². The van der Waals surface area contributed by atoms with Gasteiger partial charge in [0.2, 0.25) is 0 Å². The van der Waals surface area contributed by atoms with Gasteiger partial charge in [-0.1, -0.05) is 12.1 Å². The summed E-state index contributed by atoms with van der Waals surface area (Å²) in [6, 6.07) is 9.15. The van der Waals surface area contributed by atoms with Crippen LogP contribution < -0.4 is 10.8 Å². The zero-order valence-corrected chi connectivity index (χ0v) is 16.5. The first kappa shape index (κ1) is 20.4. The van der Waals surface area contributed by atoms with Crippen LogP contribution in [0.2, 0.25) is 0 Å². The van der Waals surface area contributed by atoms with Gasteiger partial charge >= 0.3 is 7.12 Å². The molecule has 1 saturated heterocycles. The molecule has 1 fully saturated rings. The van der Waals surface area contributed by atoms with Crippen LogP contribution in [0.15, 0.2) is 42.6 Å². The molecule has 148 valence electrons. The molecule has 28 heavy (non-hydrogen) atoms. The SMILES string of the molecule is CC(F)(F)c1ccnc(NC(=O)c2ccc(B3OC(C)(C)C(C)(C)O3)cc2)c1. The zero-order chi connectivity index (χ0) is 20.7. The minimum absolute atomic E-state index is 0.0686. The fourth-order valence-corrected chi connectivity index (χ4v) is 2.73. The normalized spacial score (nSPS) is 18.2. The molecule has 1 N–H and O–H groups in total. The Hall–Kier alpha value is -2.32. The van der Waals surface area contributed by atoms with Crippen LogP contribution in [0.25, 0.3) is 0 Å². The van der Waals surface area contributed by atoms with Crippen molar-refractivity contribution in [1.29, 1.82) is 0 Å². The number of nitrogens with zero attached hydrogens (tertiary/aromatic N) is 1. The molecule has 0 atom stereocenters. The van der Waals surface area contributed by atoms with Crippen LogP contribution >= 0.6 is 0 Å². The van der Waals surface area contributed by atoms with Gasteiger partial charge < -0.3 is 14.6 Å². The van der Waals surface area contributed by atoms with Gasteiger partial charge in [0.1, 0.15) is 5.82 Å². The van der Waals surface area contributed by atoms with Gasteiger partial charge in [-0.25, -0.2) is 13.8 Å². The van der Waals surface area contributed by atoms with Gasteiger partial charge in [0, 0.05) is 24.2 Å². The van der Waals surface area contributed by atoms with E-state index in [9.17, 15) is 13.6 Å². The standard InChI is InChI=1S/C20H23BF2N2O3/c1-18(2)19(3,4)28-21(27-18)15-8-6-13(7-9-15)17(26)25-16-12-14(10-11-24-16)20(5,22)23/h6-12H,1-5H3,(H,24,25,26). The summed E-state index contributed by atoms with van der Waals surface area (Å²) in [6.07, 6.45) is 1.24. The number of halogens is 2. The molecule has 2 heterocycles. The zero-order valence-electron chi connectivity index (χ0n) is 16.5. The number of hydrogen-bond acceptors (Lipinski definition) is 4. The maximum atomic E-state index is 13.4. The molecule has 5 nitrogen and oxygen atoms in total. The topological polar surface area (TPSA) is 60.5 Å². The lowest BCUT2D eigenvalue weighted by Crippen LogP contribution is -2.41. The monoisotopic (exact) mass is 388 g/mol. The third-order valence-electron chi connectivity index (χ3n) is 5.21. The van der Waals surface area contributed by atoms with Gasteiger partial charge in [-0.3, -0.25) is 4.79 Å². The largest absolute Gasteiger partial charge is 0.494 e. The number of alkyl halides is 2. The average Bonchev–Trinajstić information content (AvgIpc) is 2.82. The second kappa shape index (κ2) is 6.94. The smallest absolute Gasteiger partial charge is 0.399 e. The minimum Gasteiger partial charge on any atom is -0.399 e. The highest BCUT2D eigenvalue weighted by Crippen LogP contribution is 2.36. The van der Waals surface area contributed by atoms with Crippen LogP contribution in [0.4, 0.5) is 14.6 Å². The fourth-order valence-electron chi connectivity index (χ4n) is 2.73. The van der Waals surface area contributed by atoms with Crippen LogP contribution in [-0.2, 0) is 15.2 Å². The van der Waals surface area contributed by atoms with E-state index in [1.54, 1.807) is 24.3 Å². The van der Waals surface area contributed by atoms with Crippen LogP contribution in [0.5, 0.6) is 0 Å². The number of amides is 1. The summed E-state index contributed by atoms with van der Waals surface area (Å²) < 4.78 is 38.8. The molecule has 1 aliphatic heterocycles. The molecular formula is C20H23BF2N2O3. The van der Waals surface area contributed by atoms with Crippen LogP contribution in [0.1, 0.15) is 50.5 Å². The van der Waals surface area contributed by atoms with Crippen molar-refractivity contribution in [2.24, 2.45) is 0 Å². The van der Waals surface area contributed by atoms with E-state index in [2.05, 4.69) is 10.3 Å². The maximum Gasteiger partial charge on any atom is 0.494 e. The summed E-state index contributed by atoms with van der Waals surface area (Å²) >= 11 is 0. The molecule has 1 aliphatic rings. The van der Waals surface area contributed by atoms with Crippen molar-refractivity contribution < 1.29 is 22.9 Å². The van der Waals surface area contributed by atoms with E-state index >= 15 is 0 Å². The van der Waals surface area contributed by atoms with Crippen LogP contribution in [0.3, 0.4) is 0 Å². The van der Waals surface area contributed by atoms with Crippen molar-refractivity contribution in [2.75, 3.05) is 5.32 Å². The Morgan fingerprint density at radius 3 is 2.18 bits per heavy atom. The predicted octanol–water partition coefficient (Wildman–Crippen LogP) is 3.74. The lowest BCUT2D eigenvalue weighted by molar-refractivity contribution is 0.00578. The molecule has 3 rings (SSSR count). The first-order chi connectivity index (χ1) is 12.9. The van der Waals surface area contributed by atoms with Crippen molar-refractivity contribution >= 4 is 24.3 Å². The molecular weight excluding hydrogens is 365 g/mol. The summed E-state index contributed by atoms with van der Waals surface area (Å²) in [4.78, 5) is 16.3. The van der Waals surface area contributed by atoms with Gasteiger partial charge in [-0.05, 0) is 57.4 Å². The molecule has 0 spiro atoms. The Bertz CT molecular complexity index is 864. The lowest BCUT2D eigenvalue weighted by atomic mass is 9.79. The Labute approximate surface area is 163 Å². The van der Waals surface area contributed by atoms with E-state index in [-0.39, 0.29) is 11.4 Å². The molecule has 0 aliphatic carbocycles. The van der Waals surface area contributed by atoms with Crippen molar-refractivity contribution in [2.45, 2.75) is 51.7 Å². The second-order valence-electron chi connectivity index (χ2n) is 7.98. The van der Waals surface area contributed by atoms with E-state index in [0.29, 0.717) is 5.56 Å². The summed E-state index contributed by atoms with van der Waals surface area (Å²) in [5.41, 5.74) is 0.0443. The number of benzene rings is 1. The summed E-state index contributed by atoms with van der Waals surface area (Å²) in [6.45, 7) is 8.67. The molecule has 0 radical (unpaired) electrons. The number of anilines is 1. The lowest BCUT2D eigenvalue weighted by Gasteiger charge is -2.32. The first-order valence-electron chi connectivity index (χ1n) is 9.00. The Morgan fingerprint density at radius 2 is 1.64 bits per heavy atom. The van der Waals surface area contributed by atoms with E-state index in [0.717, 1.165) is 18.5 Å². The van der Waals surface area contributed by atoms with Crippen molar-refractivity contribution in [3.05, 3.63) is 53.7 Å². The third-order valence-corrected chi connectivity index (χ3v) is 5.21. The number of carbonyl (C=O) groups is 1. The summed E-state index contributed by atoms with van der Waals surface area (Å²) in [5.74, 6) is -3.38. The summed E-state index contributed by atoms with van der Waals surface area (Å²) in [7, 11) is -0.521. The number of rotatable bonds is 4. The quantitative estimate of drug-likeness (QED) is 0.811. The molecule has 0 unspecified atom stereocenters. The third kappa shape index (κ3) is 4.08. The van der Waals surface area contributed by atoms with Crippen molar-refractivity contribution in [1.82, 2.24) is 4.98 Å². The number of carbonyl (C=O) groups excluding carboxylic acids is 1. The number of hydrogen-bond donors (Lipinski definition) is 1. The highest BCUT2D eigenvalue weighted by molar-refractivity contribution is 6.62. The summed E-state index contributed by atoms with van der Waals surface area (Å²) in [5, 5.41) is 2.54. The van der Waals surface area contributed by atoms with Crippen LogP contribution in [0, 0.1) is 0 Å².